The molecule has 2 fully saturated rings. The normalized spacial score (nSPS) is 39.9. The van der Waals surface area contributed by atoms with Crippen LogP contribution in [0.5, 0.6) is 0 Å². The van der Waals surface area contributed by atoms with Gasteiger partial charge in [0.1, 0.15) is 6.29 Å². The predicted molar refractivity (Wildman–Crippen MR) is 117 cm³/mol. The van der Waals surface area contributed by atoms with Gasteiger partial charge < -0.3 is 9.64 Å². The Labute approximate surface area is 181 Å². The first-order chi connectivity index (χ1) is 14.3. The summed E-state index contributed by atoms with van der Waals surface area (Å²) in [5.74, 6) is 4.13. The Kier molecular flexibility index (Phi) is 5.47. The Balaban J connectivity index is 1.69. The van der Waals surface area contributed by atoms with E-state index in [1.54, 1.807) is 17.4 Å². The van der Waals surface area contributed by atoms with Gasteiger partial charge in [0, 0.05) is 30.7 Å². The van der Waals surface area contributed by atoms with Crippen LogP contribution >= 0.6 is 0 Å². The quantitative estimate of drug-likeness (QED) is 0.390. The van der Waals surface area contributed by atoms with E-state index in [4.69, 9.17) is 11.2 Å². The molecule has 0 unspecified atom stereocenters. The maximum Gasteiger partial charge on any atom is 0.224 e. The minimum atomic E-state index is -0.161. The molecule has 0 spiro atoms. The zero-order chi connectivity index (χ0) is 21.7. The summed E-state index contributed by atoms with van der Waals surface area (Å²) in [6.07, 6.45) is 16.7. The fraction of sp³-hybridized carbons (Fsp3) is 0.692. The number of hydrogen-bond acceptors (Lipinski definition) is 3. The first-order valence-corrected chi connectivity index (χ1v) is 11.4. The lowest BCUT2D eigenvalue weighted by Crippen LogP contribution is -2.51. The highest BCUT2D eigenvalue weighted by atomic mass is 16.5. The summed E-state index contributed by atoms with van der Waals surface area (Å²) >= 11 is 0. The van der Waals surface area contributed by atoms with Gasteiger partial charge in [-0.25, -0.2) is 0 Å². The van der Waals surface area contributed by atoms with Gasteiger partial charge in [-0.3, -0.25) is 9.59 Å². The molecule has 0 bridgehead atoms. The number of fused-ring (bicyclic) bond motifs is 5. The number of amides is 1. The van der Waals surface area contributed by atoms with Crippen molar-refractivity contribution in [2.24, 2.45) is 28.6 Å². The molecular formula is C26H35NO3. The fourth-order valence-corrected chi connectivity index (χ4v) is 7.54. The Hall–Kier alpha value is -1.86. The van der Waals surface area contributed by atoms with E-state index in [-0.39, 0.29) is 23.3 Å². The summed E-state index contributed by atoms with van der Waals surface area (Å²) in [6, 6.07) is 0. The molecule has 6 atom stereocenters. The number of hydrogen-bond donors (Lipinski definition) is 0. The van der Waals surface area contributed by atoms with Crippen LogP contribution in [0, 0.1) is 40.9 Å². The summed E-state index contributed by atoms with van der Waals surface area (Å²) in [5, 5.41) is 0. The van der Waals surface area contributed by atoms with Crippen molar-refractivity contribution >= 4 is 12.2 Å². The number of rotatable bonds is 4. The molecule has 162 valence electrons. The Bertz CT molecular complexity index is 849. The highest BCUT2D eigenvalue weighted by Crippen LogP contribution is 2.66. The van der Waals surface area contributed by atoms with E-state index in [9.17, 15) is 9.59 Å². The number of aldehydes is 1. The van der Waals surface area contributed by atoms with Crippen LogP contribution in [0.1, 0.15) is 65.7 Å². The van der Waals surface area contributed by atoms with Crippen molar-refractivity contribution in [3.63, 3.8) is 0 Å². The zero-order valence-corrected chi connectivity index (χ0v) is 18.9. The third-order valence-electron chi connectivity index (χ3n) is 9.11. The van der Waals surface area contributed by atoms with E-state index in [1.165, 1.54) is 6.42 Å². The van der Waals surface area contributed by atoms with Gasteiger partial charge in [-0.2, -0.15) is 0 Å². The van der Waals surface area contributed by atoms with Crippen molar-refractivity contribution in [1.29, 1.82) is 0 Å². The summed E-state index contributed by atoms with van der Waals surface area (Å²) in [4.78, 5) is 26.2. The lowest BCUT2D eigenvalue weighted by Gasteiger charge is -2.58. The minimum Gasteiger partial charge on any atom is -0.381 e. The van der Waals surface area contributed by atoms with Crippen LogP contribution in [0.3, 0.4) is 0 Å². The smallest absolute Gasteiger partial charge is 0.224 e. The minimum absolute atomic E-state index is 0.0676. The van der Waals surface area contributed by atoms with E-state index >= 15 is 0 Å². The standard InChI is InChI=1S/C26H35NO3/c1-6-13-27(17(2)29)24-18(16-28)14-23-21-8-7-19-15-20(30-5)9-11-25(19,3)22(21)10-12-26(23,24)4/h1,7,16,20-23H,8-15H2,2-5H3/t20-,21+,22-,23-,25-,26-/m0/s1. The molecule has 2 saturated carbocycles. The maximum absolute atomic E-state index is 12.4. The number of carbonyl (C=O) groups is 2. The Morgan fingerprint density at radius 1 is 1.27 bits per heavy atom. The van der Waals surface area contributed by atoms with Gasteiger partial charge in [-0.15, -0.1) is 6.42 Å². The second-order valence-corrected chi connectivity index (χ2v) is 10.3. The van der Waals surface area contributed by atoms with Crippen molar-refractivity contribution in [1.82, 2.24) is 4.90 Å². The van der Waals surface area contributed by atoms with E-state index in [0.717, 1.165) is 56.1 Å². The highest BCUT2D eigenvalue weighted by molar-refractivity contribution is 5.82. The molecule has 0 heterocycles. The van der Waals surface area contributed by atoms with Gasteiger partial charge in [0.2, 0.25) is 5.91 Å². The third-order valence-corrected chi connectivity index (χ3v) is 9.11. The van der Waals surface area contributed by atoms with Gasteiger partial charge in [0.25, 0.3) is 0 Å². The molecule has 4 heteroatoms. The van der Waals surface area contributed by atoms with Crippen LogP contribution in [-0.4, -0.2) is 36.9 Å². The monoisotopic (exact) mass is 409 g/mol. The summed E-state index contributed by atoms with van der Waals surface area (Å²) in [7, 11) is 1.83. The van der Waals surface area contributed by atoms with Crippen LogP contribution in [0.15, 0.2) is 22.9 Å². The third kappa shape index (κ3) is 3.01. The topological polar surface area (TPSA) is 46.6 Å². The molecule has 4 aliphatic rings. The molecule has 4 rings (SSSR count). The van der Waals surface area contributed by atoms with Crippen molar-refractivity contribution in [2.45, 2.75) is 71.8 Å². The van der Waals surface area contributed by atoms with Crippen LogP contribution < -0.4 is 0 Å². The van der Waals surface area contributed by atoms with Crippen molar-refractivity contribution in [2.75, 3.05) is 13.7 Å². The number of carbonyl (C=O) groups excluding carboxylic acids is 2. The highest BCUT2D eigenvalue weighted by Gasteiger charge is 2.59. The van der Waals surface area contributed by atoms with E-state index in [2.05, 4.69) is 25.8 Å². The molecule has 0 N–H and O–H groups in total. The van der Waals surface area contributed by atoms with E-state index in [0.29, 0.717) is 23.9 Å². The summed E-state index contributed by atoms with van der Waals surface area (Å²) in [5.41, 5.74) is 3.37. The lowest BCUT2D eigenvalue weighted by molar-refractivity contribution is -0.128. The van der Waals surface area contributed by atoms with E-state index < -0.39 is 0 Å². The van der Waals surface area contributed by atoms with Gasteiger partial charge in [-0.1, -0.05) is 31.4 Å². The van der Waals surface area contributed by atoms with Crippen molar-refractivity contribution in [3.8, 4) is 12.3 Å². The van der Waals surface area contributed by atoms with E-state index in [1.807, 2.05) is 7.11 Å². The van der Waals surface area contributed by atoms with Crippen LogP contribution in [0.4, 0.5) is 0 Å². The molecule has 0 saturated heterocycles. The van der Waals surface area contributed by atoms with Crippen molar-refractivity contribution < 1.29 is 14.3 Å². The second kappa shape index (κ2) is 7.68. The summed E-state index contributed by atoms with van der Waals surface area (Å²) in [6.45, 7) is 6.53. The van der Waals surface area contributed by atoms with Gasteiger partial charge in [0.15, 0.2) is 0 Å². The molecule has 4 nitrogen and oxygen atoms in total. The van der Waals surface area contributed by atoms with Crippen LogP contribution in [0.2, 0.25) is 0 Å². The zero-order valence-electron chi connectivity index (χ0n) is 18.9. The molecule has 0 aliphatic heterocycles. The van der Waals surface area contributed by atoms with Gasteiger partial charge >= 0.3 is 0 Å². The number of nitrogens with zero attached hydrogens (tertiary/aromatic N) is 1. The molecular weight excluding hydrogens is 374 g/mol. The maximum atomic E-state index is 12.4. The fourth-order valence-electron chi connectivity index (χ4n) is 7.54. The SMILES string of the molecule is C#CCN(C(C)=O)C1=C(C=O)C[C@H]2[C@@H]3CC=C4C[C@@H](OC)CC[C@]4(C)[C@H]3CC[C@]12C. The lowest BCUT2D eigenvalue weighted by atomic mass is 9.47. The second-order valence-electron chi connectivity index (χ2n) is 10.3. The van der Waals surface area contributed by atoms with Crippen molar-refractivity contribution in [3.05, 3.63) is 22.9 Å². The average molecular weight is 410 g/mol. The molecule has 30 heavy (non-hydrogen) atoms. The molecule has 4 aliphatic carbocycles. The number of ether oxygens (including phenoxy) is 1. The molecule has 0 aromatic rings. The predicted octanol–water partition coefficient (Wildman–Crippen LogP) is 4.51. The van der Waals surface area contributed by atoms with Gasteiger partial charge in [-0.05, 0) is 68.1 Å². The first kappa shape index (κ1) is 21.4. The Morgan fingerprint density at radius 2 is 2.00 bits per heavy atom. The number of allylic oxidation sites excluding steroid dienone is 3. The Morgan fingerprint density at radius 3 is 2.63 bits per heavy atom. The number of terminal acetylenes is 1. The van der Waals surface area contributed by atoms with Gasteiger partial charge in [0.05, 0.1) is 12.6 Å². The molecule has 1 amide bonds. The van der Waals surface area contributed by atoms with Crippen LogP contribution in [-0.2, 0) is 14.3 Å². The molecule has 0 radical (unpaired) electrons. The molecule has 0 aromatic carbocycles. The average Bonchev–Trinajstić information content (AvgIpc) is 3.03. The largest absolute Gasteiger partial charge is 0.381 e. The number of methoxy groups -OCH3 is 1. The first-order valence-electron chi connectivity index (χ1n) is 11.4. The summed E-state index contributed by atoms with van der Waals surface area (Å²) < 4.78 is 5.68. The molecule has 0 aromatic heterocycles. The van der Waals surface area contributed by atoms with Crippen LogP contribution in [0.25, 0.3) is 0 Å².